The molecule has 33 heavy (non-hydrogen) atoms. The first-order valence-electron chi connectivity index (χ1n) is 10.9. The van der Waals surface area contributed by atoms with Gasteiger partial charge in [0.05, 0.1) is 13.2 Å². The van der Waals surface area contributed by atoms with E-state index < -0.39 is 30.2 Å². The van der Waals surface area contributed by atoms with Crippen molar-refractivity contribution in [3.63, 3.8) is 0 Å². The molecule has 0 saturated carbocycles. The minimum absolute atomic E-state index is 0.0942. The smallest absolute Gasteiger partial charge is 0.408 e. The number of esters is 1. The van der Waals surface area contributed by atoms with Gasteiger partial charge in [-0.1, -0.05) is 48.5 Å². The summed E-state index contributed by atoms with van der Waals surface area (Å²) in [7, 11) is 1.31. The van der Waals surface area contributed by atoms with Crippen LogP contribution in [-0.4, -0.2) is 47.0 Å². The Labute approximate surface area is 191 Å². The van der Waals surface area contributed by atoms with E-state index in [4.69, 9.17) is 9.47 Å². The second-order valence-electron chi connectivity index (χ2n) is 8.16. The zero-order valence-electron chi connectivity index (χ0n) is 18.8. The van der Waals surface area contributed by atoms with Crippen molar-refractivity contribution in [1.82, 2.24) is 15.2 Å². The number of benzene rings is 2. The fourth-order valence-corrected chi connectivity index (χ4v) is 4.40. The van der Waals surface area contributed by atoms with Crippen molar-refractivity contribution in [1.29, 1.82) is 0 Å². The standard InChI is InChI=1S/C25H27N3O5/c1-15(26-25(31)33-14-17-9-5-4-6-10-17)23(29)28-16(2)22-19(13-21(28)24(30)32-3)18-11-7-8-12-20(18)27-22/h4-12,15-16,21,27H,13-14H2,1-3H3,(H,26,31)/t15-,16-,21-/m1/s1. The number of hydrogen-bond acceptors (Lipinski definition) is 5. The number of H-pyrrole nitrogens is 1. The van der Waals surface area contributed by atoms with Gasteiger partial charge in [0, 0.05) is 23.0 Å². The molecular formula is C25H27N3O5. The molecule has 2 aromatic carbocycles. The van der Waals surface area contributed by atoms with Crippen molar-refractivity contribution in [3.05, 3.63) is 71.4 Å². The predicted octanol–water partition coefficient (Wildman–Crippen LogP) is 3.47. The van der Waals surface area contributed by atoms with Gasteiger partial charge in [-0.2, -0.15) is 0 Å². The first-order valence-corrected chi connectivity index (χ1v) is 10.9. The summed E-state index contributed by atoms with van der Waals surface area (Å²) in [6.45, 7) is 3.53. The van der Waals surface area contributed by atoms with Gasteiger partial charge in [0.2, 0.25) is 5.91 Å². The van der Waals surface area contributed by atoms with Crippen molar-refractivity contribution in [2.45, 2.75) is 45.0 Å². The number of ether oxygens (including phenoxy) is 2. The Kier molecular flexibility index (Phi) is 6.35. The van der Waals surface area contributed by atoms with Crippen molar-refractivity contribution >= 4 is 28.9 Å². The summed E-state index contributed by atoms with van der Waals surface area (Å²) >= 11 is 0. The van der Waals surface area contributed by atoms with Crippen molar-refractivity contribution in [2.24, 2.45) is 0 Å². The van der Waals surface area contributed by atoms with Crippen LogP contribution in [0.1, 0.15) is 36.7 Å². The monoisotopic (exact) mass is 449 g/mol. The number of fused-ring (bicyclic) bond motifs is 3. The molecule has 0 saturated heterocycles. The van der Waals surface area contributed by atoms with Gasteiger partial charge in [0.25, 0.3) is 0 Å². The third kappa shape index (κ3) is 4.41. The van der Waals surface area contributed by atoms with Crippen molar-refractivity contribution in [2.75, 3.05) is 7.11 Å². The highest BCUT2D eigenvalue weighted by Gasteiger charge is 2.42. The summed E-state index contributed by atoms with van der Waals surface area (Å²) in [5, 5.41) is 3.61. The third-order valence-corrected chi connectivity index (χ3v) is 6.06. The van der Waals surface area contributed by atoms with Gasteiger partial charge >= 0.3 is 12.1 Å². The van der Waals surface area contributed by atoms with Crippen LogP contribution in [0.2, 0.25) is 0 Å². The molecule has 4 rings (SSSR count). The summed E-state index contributed by atoms with van der Waals surface area (Å²) in [6.07, 6.45) is -0.377. The summed E-state index contributed by atoms with van der Waals surface area (Å²) < 4.78 is 10.3. The Bertz CT molecular complexity index is 1170. The molecule has 1 aromatic heterocycles. The highest BCUT2D eigenvalue weighted by molar-refractivity contribution is 5.92. The number of carbonyl (C=O) groups is 3. The van der Waals surface area contributed by atoms with Gasteiger partial charge < -0.3 is 24.7 Å². The molecule has 0 unspecified atom stereocenters. The van der Waals surface area contributed by atoms with Crippen LogP contribution in [0.4, 0.5) is 4.79 Å². The van der Waals surface area contributed by atoms with E-state index in [-0.39, 0.29) is 12.5 Å². The number of aromatic amines is 1. The van der Waals surface area contributed by atoms with Gasteiger partial charge in [0.15, 0.2) is 0 Å². The minimum Gasteiger partial charge on any atom is -0.467 e. The van der Waals surface area contributed by atoms with Crippen LogP contribution in [0.5, 0.6) is 0 Å². The lowest BCUT2D eigenvalue weighted by atomic mass is 9.91. The number of nitrogens with zero attached hydrogens (tertiary/aromatic N) is 1. The minimum atomic E-state index is -0.895. The number of rotatable bonds is 5. The Morgan fingerprint density at radius 3 is 2.55 bits per heavy atom. The molecule has 3 aromatic rings. The van der Waals surface area contributed by atoms with E-state index in [9.17, 15) is 14.4 Å². The Hall–Kier alpha value is -3.81. The zero-order chi connectivity index (χ0) is 23.5. The van der Waals surface area contributed by atoms with Gasteiger partial charge in [-0.25, -0.2) is 9.59 Å². The molecule has 8 nitrogen and oxygen atoms in total. The SMILES string of the molecule is COC(=O)[C@H]1Cc2c([nH]c3ccccc23)[C@@H](C)N1C(=O)[C@@H](C)NC(=O)OCc1ccccc1. The zero-order valence-corrected chi connectivity index (χ0v) is 18.8. The highest BCUT2D eigenvalue weighted by Crippen LogP contribution is 2.37. The number of nitrogens with one attached hydrogen (secondary N) is 2. The molecule has 0 aliphatic carbocycles. The topological polar surface area (TPSA) is 101 Å². The van der Waals surface area contributed by atoms with E-state index in [0.29, 0.717) is 6.42 Å². The second kappa shape index (κ2) is 9.36. The number of alkyl carbamates (subject to hydrolysis) is 1. The van der Waals surface area contributed by atoms with Gasteiger partial charge in [-0.15, -0.1) is 0 Å². The number of hydrogen-bond donors (Lipinski definition) is 2. The fourth-order valence-electron chi connectivity index (χ4n) is 4.40. The van der Waals surface area contributed by atoms with Crippen LogP contribution in [0, 0.1) is 0 Å². The second-order valence-corrected chi connectivity index (χ2v) is 8.16. The van der Waals surface area contributed by atoms with Gasteiger partial charge in [-0.05, 0) is 31.0 Å². The number of amides is 2. The number of carbonyl (C=O) groups excluding carboxylic acids is 3. The molecule has 0 spiro atoms. The Morgan fingerprint density at radius 2 is 1.82 bits per heavy atom. The molecule has 172 valence electrons. The summed E-state index contributed by atoms with van der Waals surface area (Å²) in [5.74, 6) is -0.885. The molecule has 0 radical (unpaired) electrons. The maximum absolute atomic E-state index is 13.4. The molecule has 1 aliphatic heterocycles. The summed E-state index contributed by atoms with van der Waals surface area (Å²) in [6, 6.07) is 15.0. The number of para-hydroxylation sites is 1. The highest BCUT2D eigenvalue weighted by atomic mass is 16.5. The van der Waals surface area contributed by atoms with E-state index in [1.165, 1.54) is 12.0 Å². The van der Waals surface area contributed by atoms with E-state index in [0.717, 1.165) is 27.7 Å². The molecule has 2 N–H and O–H groups in total. The molecule has 2 heterocycles. The van der Waals surface area contributed by atoms with E-state index in [2.05, 4.69) is 10.3 Å². The van der Waals surface area contributed by atoms with Crippen LogP contribution < -0.4 is 5.32 Å². The Morgan fingerprint density at radius 1 is 1.12 bits per heavy atom. The van der Waals surface area contributed by atoms with E-state index >= 15 is 0 Å². The molecule has 8 heteroatoms. The molecule has 2 amide bonds. The first-order chi connectivity index (χ1) is 15.9. The van der Waals surface area contributed by atoms with Crippen LogP contribution in [0.25, 0.3) is 10.9 Å². The van der Waals surface area contributed by atoms with Crippen LogP contribution in [0.15, 0.2) is 54.6 Å². The molecule has 0 fully saturated rings. The van der Waals surface area contributed by atoms with Crippen LogP contribution in [-0.2, 0) is 32.1 Å². The van der Waals surface area contributed by atoms with Gasteiger partial charge in [-0.3, -0.25) is 4.79 Å². The average molecular weight is 450 g/mol. The lowest BCUT2D eigenvalue weighted by molar-refractivity contribution is -0.156. The van der Waals surface area contributed by atoms with E-state index in [1.807, 2.05) is 61.5 Å². The van der Waals surface area contributed by atoms with E-state index in [1.54, 1.807) is 6.92 Å². The molecule has 1 aliphatic rings. The summed E-state index contributed by atoms with van der Waals surface area (Å²) in [5.41, 5.74) is 3.67. The quantitative estimate of drug-likeness (QED) is 0.581. The van der Waals surface area contributed by atoms with Crippen molar-refractivity contribution < 1.29 is 23.9 Å². The van der Waals surface area contributed by atoms with Crippen LogP contribution >= 0.6 is 0 Å². The lowest BCUT2D eigenvalue weighted by Gasteiger charge is -2.40. The average Bonchev–Trinajstić information content (AvgIpc) is 3.21. The fraction of sp³-hybridized carbons (Fsp3) is 0.320. The number of methoxy groups -OCH3 is 1. The maximum atomic E-state index is 13.4. The first kappa shape index (κ1) is 22.4. The Balaban J connectivity index is 1.52. The normalized spacial score (nSPS) is 18.3. The lowest BCUT2D eigenvalue weighted by Crippen LogP contribution is -2.56. The van der Waals surface area contributed by atoms with Gasteiger partial charge in [0.1, 0.15) is 18.7 Å². The molecule has 3 atom stereocenters. The largest absolute Gasteiger partial charge is 0.467 e. The maximum Gasteiger partial charge on any atom is 0.408 e. The molecular weight excluding hydrogens is 422 g/mol. The number of aromatic nitrogens is 1. The van der Waals surface area contributed by atoms with Crippen LogP contribution in [0.3, 0.4) is 0 Å². The van der Waals surface area contributed by atoms with Crippen molar-refractivity contribution in [3.8, 4) is 0 Å². The molecule has 0 bridgehead atoms. The summed E-state index contributed by atoms with van der Waals surface area (Å²) in [4.78, 5) is 43.2. The third-order valence-electron chi connectivity index (χ3n) is 6.06. The predicted molar refractivity (Wildman–Crippen MR) is 122 cm³/mol.